The summed E-state index contributed by atoms with van der Waals surface area (Å²) in [6.45, 7) is 1.78. The molecule has 0 fully saturated rings. The van der Waals surface area contributed by atoms with E-state index in [0.717, 1.165) is 0 Å². The van der Waals surface area contributed by atoms with Crippen LogP contribution in [0.2, 0.25) is 5.02 Å². The third-order valence-corrected chi connectivity index (χ3v) is 6.31. The molecule has 0 saturated carbocycles. The van der Waals surface area contributed by atoms with Gasteiger partial charge in [-0.05, 0) is 42.8 Å². The fraction of sp³-hybridized carbons (Fsp3) is 0.115. The molecule has 8 nitrogen and oxygen atoms in total. The highest BCUT2D eigenvalue weighted by atomic mass is 35.5. The number of hydrogen-bond acceptors (Lipinski definition) is 5. The zero-order valence-electron chi connectivity index (χ0n) is 19.1. The van der Waals surface area contributed by atoms with E-state index < -0.39 is 17.7 Å². The number of carbonyl (C=O) groups is 2. The standard InChI is InChI=1S/C26H19ClN4O4.ClH/c1-4-15-11-17(27)13-22(14(15)2)31-23(32)18-7-5-6-8-19(18)26(31,34)16-9-10-20-21(12-16)29-24(28-20)30-25(33)35-3;/h1,5-13,34H,2-3H3,(H2,28,29,30,33);1H. The number of ether oxygens (including phenoxy) is 1. The number of aromatic amines is 1. The van der Waals surface area contributed by atoms with Gasteiger partial charge in [0.25, 0.3) is 5.91 Å². The Hall–Kier alpha value is -4.03. The van der Waals surface area contributed by atoms with Crippen LogP contribution in [0.15, 0.2) is 54.6 Å². The summed E-state index contributed by atoms with van der Waals surface area (Å²) >= 11 is 6.34. The van der Waals surface area contributed by atoms with E-state index in [1.54, 1.807) is 61.5 Å². The molecule has 5 rings (SSSR count). The summed E-state index contributed by atoms with van der Waals surface area (Å²) in [5, 5.41) is 15.1. The maximum absolute atomic E-state index is 13.7. The lowest BCUT2D eigenvalue weighted by Gasteiger charge is -2.36. The second kappa shape index (κ2) is 9.21. The van der Waals surface area contributed by atoms with Gasteiger partial charge in [-0.25, -0.2) is 9.78 Å². The maximum atomic E-state index is 13.7. The summed E-state index contributed by atoms with van der Waals surface area (Å²) in [5.41, 5.74) is 1.92. The minimum absolute atomic E-state index is 0. The Morgan fingerprint density at radius 1 is 1.25 bits per heavy atom. The van der Waals surface area contributed by atoms with Crippen LogP contribution in [0, 0.1) is 19.3 Å². The summed E-state index contributed by atoms with van der Waals surface area (Å²) in [6, 6.07) is 15.1. The van der Waals surface area contributed by atoms with Crippen LogP contribution in [-0.4, -0.2) is 34.2 Å². The van der Waals surface area contributed by atoms with E-state index >= 15 is 0 Å². The number of carbonyl (C=O) groups excluding carboxylic acids is 2. The Morgan fingerprint density at radius 3 is 2.72 bits per heavy atom. The molecule has 182 valence electrons. The third-order valence-electron chi connectivity index (χ3n) is 6.09. The fourth-order valence-corrected chi connectivity index (χ4v) is 4.62. The molecule has 0 bridgehead atoms. The molecule has 3 N–H and O–H groups in total. The van der Waals surface area contributed by atoms with Crippen molar-refractivity contribution in [2.75, 3.05) is 17.3 Å². The van der Waals surface area contributed by atoms with E-state index in [2.05, 4.69) is 25.9 Å². The van der Waals surface area contributed by atoms with Crippen LogP contribution in [0.5, 0.6) is 0 Å². The van der Waals surface area contributed by atoms with Crippen molar-refractivity contribution in [2.45, 2.75) is 12.6 Å². The number of hydrogen-bond donors (Lipinski definition) is 3. The second-order valence-electron chi connectivity index (χ2n) is 8.03. The molecule has 4 aromatic rings. The lowest BCUT2D eigenvalue weighted by molar-refractivity contribution is 0.0703. The number of aromatic nitrogens is 2. The molecule has 1 aliphatic rings. The van der Waals surface area contributed by atoms with Crippen molar-refractivity contribution in [3.05, 3.63) is 87.4 Å². The summed E-state index contributed by atoms with van der Waals surface area (Å²) in [6.07, 6.45) is 4.99. The van der Waals surface area contributed by atoms with E-state index in [0.29, 0.717) is 49.6 Å². The van der Waals surface area contributed by atoms with Crippen LogP contribution < -0.4 is 10.2 Å². The average Bonchev–Trinajstić information content (AvgIpc) is 3.36. The van der Waals surface area contributed by atoms with Gasteiger partial charge < -0.3 is 14.8 Å². The number of nitrogens with zero attached hydrogens (tertiary/aromatic N) is 2. The van der Waals surface area contributed by atoms with Crippen LogP contribution in [0.1, 0.15) is 32.6 Å². The highest BCUT2D eigenvalue weighted by molar-refractivity contribution is 6.31. The lowest BCUT2D eigenvalue weighted by atomic mass is 9.92. The SMILES string of the molecule is C#Cc1cc(Cl)cc(N2C(=O)c3ccccc3C2(O)c2ccc3nc(NC(=O)OC)[nH]c3c2)c1C.Cl. The highest BCUT2D eigenvalue weighted by Crippen LogP contribution is 2.47. The number of methoxy groups -OCH3 is 1. The maximum Gasteiger partial charge on any atom is 0.413 e. The van der Waals surface area contributed by atoms with Crippen molar-refractivity contribution in [1.29, 1.82) is 0 Å². The number of imidazole rings is 1. The van der Waals surface area contributed by atoms with Gasteiger partial charge in [0.15, 0.2) is 5.72 Å². The van der Waals surface area contributed by atoms with Crippen LogP contribution >= 0.6 is 24.0 Å². The van der Waals surface area contributed by atoms with Crippen molar-refractivity contribution in [3.8, 4) is 12.3 Å². The molecule has 1 aromatic heterocycles. The number of nitrogens with one attached hydrogen (secondary N) is 2. The number of benzene rings is 3. The number of amides is 2. The van der Waals surface area contributed by atoms with Crippen molar-refractivity contribution in [2.24, 2.45) is 0 Å². The number of rotatable bonds is 3. The first-order valence-electron chi connectivity index (χ1n) is 10.6. The average molecular weight is 523 g/mol. The summed E-state index contributed by atoms with van der Waals surface area (Å²) in [7, 11) is 1.25. The number of aliphatic hydroxyl groups is 1. The van der Waals surface area contributed by atoms with Crippen LogP contribution in [0.4, 0.5) is 16.4 Å². The van der Waals surface area contributed by atoms with Crippen LogP contribution in [-0.2, 0) is 10.5 Å². The number of H-pyrrole nitrogens is 1. The molecule has 10 heteroatoms. The lowest BCUT2D eigenvalue weighted by Crippen LogP contribution is -2.45. The van der Waals surface area contributed by atoms with Crippen molar-refractivity contribution in [1.82, 2.24) is 9.97 Å². The predicted octanol–water partition coefficient (Wildman–Crippen LogP) is 4.96. The summed E-state index contributed by atoms with van der Waals surface area (Å²) in [4.78, 5) is 33.8. The van der Waals surface area contributed by atoms with Crippen molar-refractivity contribution >= 4 is 58.7 Å². The van der Waals surface area contributed by atoms with Gasteiger partial charge in [-0.15, -0.1) is 18.8 Å². The zero-order chi connectivity index (χ0) is 24.9. The van der Waals surface area contributed by atoms with Gasteiger partial charge in [-0.1, -0.05) is 41.8 Å². The topological polar surface area (TPSA) is 108 Å². The van der Waals surface area contributed by atoms with Gasteiger partial charge in [0.2, 0.25) is 5.95 Å². The highest BCUT2D eigenvalue weighted by Gasteiger charge is 2.51. The molecule has 36 heavy (non-hydrogen) atoms. The number of halogens is 2. The smallest absolute Gasteiger partial charge is 0.413 e. The molecule has 2 heterocycles. The van der Waals surface area contributed by atoms with Crippen LogP contribution in [0.3, 0.4) is 0 Å². The Bertz CT molecular complexity index is 1580. The Labute approximate surface area is 217 Å². The molecule has 1 aliphatic heterocycles. The van der Waals surface area contributed by atoms with Gasteiger partial charge in [0.05, 0.1) is 23.8 Å². The first-order valence-corrected chi connectivity index (χ1v) is 10.9. The molecule has 3 aromatic carbocycles. The molecular formula is C26H20Cl2N4O4. The van der Waals surface area contributed by atoms with Crippen molar-refractivity contribution in [3.63, 3.8) is 0 Å². The zero-order valence-corrected chi connectivity index (χ0v) is 20.7. The van der Waals surface area contributed by atoms with E-state index in [-0.39, 0.29) is 18.4 Å². The van der Waals surface area contributed by atoms with E-state index in [4.69, 9.17) is 18.0 Å². The molecule has 1 atom stereocenters. The Balaban J connectivity index is 0.00000304. The minimum Gasteiger partial charge on any atom is -0.453 e. The second-order valence-corrected chi connectivity index (χ2v) is 8.47. The minimum atomic E-state index is -1.87. The fourth-order valence-electron chi connectivity index (χ4n) is 4.41. The monoisotopic (exact) mass is 522 g/mol. The number of terminal acetylenes is 1. The largest absolute Gasteiger partial charge is 0.453 e. The molecule has 0 saturated heterocycles. The van der Waals surface area contributed by atoms with E-state index in [9.17, 15) is 14.7 Å². The molecular weight excluding hydrogens is 503 g/mol. The van der Waals surface area contributed by atoms with Gasteiger partial charge in [0, 0.05) is 27.3 Å². The van der Waals surface area contributed by atoms with E-state index in [1.165, 1.54) is 12.0 Å². The van der Waals surface area contributed by atoms with Crippen LogP contribution in [0.25, 0.3) is 11.0 Å². The first-order chi connectivity index (χ1) is 16.8. The van der Waals surface area contributed by atoms with Gasteiger partial charge in [-0.2, -0.15) is 0 Å². The Morgan fingerprint density at radius 2 is 2.00 bits per heavy atom. The molecule has 0 radical (unpaired) electrons. The molecule has 1 unspecified atom stereocenters. The summed E-state index contributed by atoms with van der Waals surface area (Å²) in [5.74, 6) is 2.37. The van der Waals surface area contributed by atoms with Crippen molar-refractivity contribution < 1.29 is 19.4 Å². The normalized spacial score (nSPS) is 16.3. The summed E-state index contributed by atoms with van der Waals surface area (Å²) < 4.78 is 4.61. The first kappa shape index (κ1) is 25.1. The molecule has 0 spiro atoms. The third kappa shape index (κ3) is 3.74. The molecule has 0 aliphatic carbocycles. The van der Waals surface area contributed by atoms with Gasteiger partial charge in [-0.3, -0.25) is 15.0 Å². The molecule has 2 amide bonds. The van der Waals surface area contributed by atoms with Gasteiger partial charge >= 0.3 is 6.09 Å². The Kier molecular flexibility index (Phi) is 6.41. The van der Waals surface area contributed by atoms with Gasteiger partial charge in [0.1, 0.15) is 0 Å². The number of anilines is 2. The van der Waals surface area contributed by atoms with E-state index in [1.807, 2.05) is 0 Å². The predicted molar refractivity (Wildman–Crippen MR) is 140 cm³/mol. The quantitative estimate of drug-likeness (QED) is 0.329. The number of fused-ring (bicyclic) bond motifs is 2.